The number of hydrazine groups is 1. The van der Waals surface area contributed by atoms with Gasteiger partial charge >= 0.3 is 0 Å². The predicted octanol–water partition coefficient (Wildman–Crippen LogP) is 2.68. The molecule has 7 nitrogen and oxygen atoms in total. The van der Waals surface area contributed by atoms with Crippen molar-refractivity contribution in [2.24, 2.45) is 5.92 Å². The Morgan fingerprint density at radius 2 is 1.93 bits per heavy atom. The second-order valence-electron chi connectivity index (χ2n) is 6.56. The third kappa shape index (κ3) is 5.95. The Kier molecular flexibility index (Phi) is 7.11. The van der Waals surface area contributed by atoms with Crippen LogP contribution in [-0.4, -0.2) is 35.8 Å². The first-order valence-corrected chi connectivity index (χ1v) is 10.1. The van der Waals surface area contributed by atoms with Gasteiger partial charge in [-0.3, -0.25) is 25.2 Å². The van der Waals surface area contributed by atoms with E-state index in [-0.39, 0.29) is 18.9 Å². The van der Waals surface area contributed by atoms with Crippen LogP contribution in [0.15, 0.2) is 53.0 Å². The van der Waals surface area contributed by atoms with Crippen LogP contribution < -0.4 is 15.6 Å². The fourth-order valence-electron chi connectivity index (χ4n) is 2.91. The number of carbonyl (C=O) groups excluding carboxylic acids is 3. The third-order valence-corrected chi connectivity index (χ3v) is 5.17. The van der Waals surface area contributed by atoms with E-state index in [1.165, 1.54) is 0 Å². The summed E-state index contributed by atoms with van der Waals surface area (Å²) >= 11 is 9.30. The summed E-state index contributed by atoms with van der Waals surface area (Å²) in [7, 11) is 0. The first-order valence-electron chi connectivity index (χ1n) is 8.90. The Labute approximate surface area is 181 Å². The van der Waals surface area contributed by atoms with Crippen molar-refractivity contribution in [3.8, 4) is 5.75 Å². The topological polar surface area (TPSA) is 87.7 Å². The molecule has 1 saturated heterocycles. The normalized spacial score (nSPS) is 15.9. The van der Waals surface area contributed by atoms with E-state index < -0.39 is 17.7 Å². The van der Waals surface area contributed by atoms with Crippen LogP contribution >= 0.6 is 27.5 Å². The van der Waals surface area contributed by atoms with Crippen molar-refractivity contribution in [3.63, 3.8) is 0 Å². The second kappa shape index (κ2) is 9.76. The number of amides is 3. The lowest BCUT2D eigenvalue weighted by atomic mass is 10.1. The van der Waals surface area contributed by atoms with Gasteiger partial charge in [0.05, 0.1) is 10.9 Å². The Morgan fingerprint density at radius 3 is 2.66 bits per heavy atom. The highest BCUT2D eigenvalue weighted by atomic mass is 79.9. The lowest BCUT2D eigenvalue weighted by Crippen LogP contribution is -2.46. The SMILES string of the molecule is O=C(COc1ccc(Br)cc1Cl)NNC(=O)C1CC(=O)N(Cc2ccccc2)C1. The molecule has 2 N–H and O–H groups in total. The lowest BCUT2D eigenvalue weighted by Gasteiger charge is -2.17. The van der Waals surface area contributed by atoms with Gasteiger partial charge in [-0.2, -0.15) is 0 Å². The summed E-state index contributed by atoms with van der Waals surface area (Å²) in [6.45, 7) is 0.448. The number of carbonyl (C=O) groups is 3. The molecule has 1 fully saturated rings. The minimum Gasteiger partial charge on any atom is -0.482 e. The number of hydrogen-bond donors (Lipinski definition) is 2. The molecule has 1 unspecified atom stereocenters. The smallest absolute Gasteiger partial charge is 0.276 e. The first kappa shape index (κ1) is 21.1. The van der Waals surface area contributed by atoms with Gasteiger partial charge in [-0.25, -0.2) is 0 Å². The Bertz CT molecular complexity index is 910. The van der Waals surface area contributed by atoms with Crippen LogP contribution in [0.4, 0.5) is 0 Å². The van der Waals surface area contributed by atoms with E-state index >= 15 is 0 Å². The van der Waals surface area contributed by atoms with Gasteiger partial charge in [0, 0.05) is 24.0 Å². The van der Waals surface area contributed by atoms with Crippen LogP contribution in [-0.2, 0) is 20.9 Å². The van der Waals surface area contributed by atoms with Gasteiger partial charge in [0.1, 0.15) is 5.75 Å². The molecule has 0 aliphatic carbocycles. The van der Waals surface area contributed by atoms with Crippen molar-refractivity contribution in [2.75, 3.05) is 13.2 Å². The van der Waals surface area contributed by atoms with Crippen molar-refractivity contribution < 1.29 is 19.1 Å². The molecular weight excluding hydrogens is 462 g/mol. The highest BCUT2D eigenvalue weighted by molar-refractivity contribution is 9.10. The van der Waals surface area contributed by atoms with Gasteiger partial charge in [0.2, 0.25) is 11.8 Å². The lowest BCUT2D eigenvalue weighted by molar-refractivity contribution is -0.132. The van der Waals surface area contributed by atoms with Crippen LogP contribution in [0.5, 0.6) is 5.75 Å². The fourth-order valence-corrected chi connectivity index (χ4v) is 3.64. The molecule has 9 heteroatoms. The maximum atomic E-state index is 12.3. The van der Waals surface area contributed by atoms with Crippen molar-refractivity contribution in [1.82, 2.24) is 15.8 Å². The number of halogens is 2. The Morgan fingerprint density at radius 1 is 1.17 bits per heavy atom. The van der Waals surface area contributed by atoms with Crippen LogP contribution in [0.3, 0.4) is 0 Å². The van der Waals surface area contributed by atoms with Crippen LogP contribution in [0, 0.1) is 5.92 Å². The second-order valence-corrected chi connectivity index (χ2v) is 7.88. The molecule has 1 atom stereocenters. The first-order chi connectivity index (χ1) is 13.9. The van der Waals surface area contributed by atoms with E-state index in [0.717, 1.165) is 10.0 Å². The summed E-state index contributed by atoms with van der Waals surface area (Å²) in [6, 6.07) is 14.6. The van der Waals surface area contributed by atoms with Crippen molar-refractivity contribution in [1.29, 1.82) is 0 Å². The molecule has 0 bridgehead atoms. The maximum Gasteiger partial charge on any atom is 0.276 e. The molecule has 2 aromatic rings. The zero-order valence-corrected chi connectivity index (χ0v) is 17.7. The fraction of sp³-hybridized carbons (Fsp3) is 0.250. The van der Waals surface area contributed by atoms with E-state index in [2.05, 4.69) is 26.8 Å². The molecule has 1 aliphatic rings. The van der Waals surface area contributed by atoms with E-state index in [4.69, 9.17) is 16.3 Å². The quantitative estimate of drug-likeness (QED) is 0.622. The monoisotopic (exact) mass is 479 g/mol. The zero-order valence-electron chi connectivity index (χ0n) is 15.4. The Balaban J connectivity index is 1.43. The number of ether oxygens (including phenoxy) is 1. The van der Waals surface area contributed by atoms with Crippen molar-refractivity contribution in [2.45, 2.75) is 13.0 Å². The molecule has 1 heterocycles. The van der Waals surface area contributed by atoms with Crippen LogP contribution in [0.25, 0.3) is 0 Å². The van der Waals surface area contributed by atoms with E-state index in [1.807, 2.05) is 30.3 Å². The minimum atomic E-state index is -0.539. The minimum absolute atomic E-state index is 0.0893. The summed E-state index contributed by atoms with van der Waals surface area (Å²) in [6.07, 6.45) is 0.111. The number of hydrogen-bond acceptors (Lipinski definition) is 4. The van der Waals surface area contributed by atoms with Gasteiger partial charge in [0.15, 0.2) is 6.61 Å². The summed E-state index contributed by atoms with van der Waals surface area (Å²) in [5.74, 6) is -1.21. The highest BCUT2D eigenvalue weighted by Crippen LogP contribution is 2.27. The zero-order chi connectivity index (χ0) is 20.8. The van der Waals surface area contributed by atoms with Gasteiger partial charge < -0.3 is 9.64 Å². The molecule has 0 saturated carbocycles. The maximum absolute atomic E-state index is 12.3. The molecule has 3 rings (SSSR count). The van der Waals surface area contributed by atoms with E-state index in [9.17, 15) is 14.4 Å². The van der Waals surface area contributed by atoms with Crippen molar-refractivity contribution in [3.05, 3.63) is 63.6 Å². The number of nitrogens with zero attached hydrogens (tertiary/aromatic N) is 1. The highest BCUT2D eigenvalue weighted by Gasteiger charge is 2.34. The molecule has 0 radical (unpaired) electrons. The van der Waals surface area contributed by atoms with Crippen LogP contribution in [0.2, 0.25) is 5.02 Å². The summed E-state index contributed by atoms with van der Waals surface area (Å²) in [5.41, 5.74) is 5.64. The molecule has 3 amide bonds. The number of likely N-dealkylation sites (tertiary alicyclic amines) is 1. The molecular formula is C20H19BrClN3O4. The standard InChI is InChI=1S/C20H19BrClN3O4/c21-15-6-7-17(16(22)9-15)29-12-18(26)23-24-20(28)14-8-19(27)25(11-14)10-13-4-2-1-3-5-13/h1-7,9,14H,8,10-12H2,(H,23,26)(H,24,28). The van der Waals surface area contributed by atoms with E-state index in [0.29, 0.717) is 23.9 Å². The van der Waals surface area contributed by atoms with Gasteiger partial charge in [-0.05, 0) is 23.8 Å². The molecule has 29 heavy (non-hydrogen) atoms. The predicted molar refractivity (Wildman–Crippen MR) is 111 cm³/mol. The van der Waals surface area contributed by atoms with Gasteiger partial charge in [0.25, 0.3) is 5.91 Å². The molecule has 2 aromatic carbocycles. The summed E-state index contributed by atoms with van der Waals surface area (Å²) in [5, 5.41) is 0.360. The average Bonchev–Trinajstić information content (AvgIpc) is 3.06. The largest absolute Gasteiger partial charge is 0.482 e. The Hall–Kier alpha value is -2.58. The van der Waals surface area contributed by atoms with Crippen molar-refractivity contribution >= 4 is 45.3 Å². The molecule has 152 valence electrons. The van der Waals surface area contributed by atoms with Crippen LogP contribution in [0.1, 0.15) is 12.0 Å². The molecule has 1 aliphatic heterocycles. The summed E-state index contributed by atoms with van der Waals surface area (Å²) < 4.78 is 6.12. The van der Waals surface area contributed by atoms with Gasteiger partial charge in [-0.1, -0.05) is 57.9 Å². The number of benzene rings is 2. The van der Waals surface area contributed by atoms with E-state index in [1.54, 1.807) is 23.1 Å². The molecule has 0 aromatic heterocycles. The summed E-state index contributed by atoms with van der Waals surface area (Å²) in [4.78, 5) is 38.0. The average molecular weight is 481 g/mol. The van der Waals surface area contributed by atoms with Gasteiger partial charge in [-0.15, -0.1) is 0 Å². The molecule has 0 spiro atoms. The number of rotatable bonds is 6. The number of nitrogens with one attached hydrogen (secondary N) is 2. The third-order valence-electron chi connectivity index (χ3n) is 4.38.